The molecule has 1 unspecified atom stereocenters. The Morgan fingerprint density at radius 1 is 1.37 bits per heavy atom. The van der Waals surface area contributed by atoms with E-state index in [0.29, 0.717) is 49.6 Å². The highest BCUT2D eigenvalue weighted by Gasteiger charge is 2.40. The molecule has 0 N–H and O–H groups in total. The summed E-state index contributed by atoms with van der Waals surface area (Å²) < 4.78 is 42.9. The van der Waals surface area contributed by atoms with Gasteiger partial charge in [-0.1, -0.05) is 11.6 Å². The standard InChI is InChI=1S/C25H28F3N5OS/c1-5-33-14-20(24(30-33)25(26,27)28)17-9-6-8-16(17)19-13-32(23(34)10-7-11-31(3)4)15-21-18(19)12-22(29-2)35-21/h7,10,12,14,19H,5-6,8-9,11,13,15H2,1,3-4H3/b10-7+. The lowest BCUT2D eigenvalue weighted by atomic mass is 9.84. The number of thiophene rings is 1. The lowest BCUT2D eigenvalue weighted by Gasteiger charge is -2.34. The molecule has 35 heavy (non-hydrogen) atoms. The van der Waals surface area contributed by atoms with Crippen LogP contribution in [0, 0.1) is 6.57 Å². The van der Waals surface area contributed by atoms with Gasteiger partial charge in [-0.05, 0) is 57.5 Å². The number of allylic oxidation sites excluding steroid dienone is 1. The highest BCUT2D eigenvalue weighted by Crippen LogP contribution is 2.49. The predicted molar refractivity (Wildman–Crippen MR) is 130 cm³/mol. The van der Waals surface area contributed by atoms with E-state index >= 15 is 0 Å². The van der Waals surface area contributed by atoms with Crippen LogP contribution in [0.2, 0.25) is 0 Å². The summed E-state index contributed by atoms with van der Waals surface area (Å²) in [6, 6.07) is 1.85. The normalized spacial score (nSPS) is 18.6. The van der Waals surface area contributed by atoms with Gasteiger partial charge in [-0.2, -0.15) is 29.6 Å². The lowest BCUT2D eigenvalue weighted by Crippen LogP contribution is -2.37. The van der Waals surface area contributed by atoms with Gasteiger partial charge in [0.05, 0.1) is 13.1 Å². The largest absolute Gasteiger partial charge is 0.435 e. The number of carbonyl (C=O) groups excluding carboxylic acids is 1. The quantitative estimate of drug-likeness (QED) is 0.374. The number of hydrogen-bond donors (Lipinski definition) is 0. The molecule has 0 bridgehead atoms. The van der Waals surface area contributed by atoms with Gasteiger partial charge in [0.1, 0.15) is 0 Å². The van der Waals surface area contributed by atoms with E-state index in [2.05, 4.69) is 9.94 Å². The second-order valence-electron chi connectivity index (χ2n) is 9.11. The van der Waals surface area contributed by atoms with E-state index in [0.717, 1.165) is 22.4 Å². The Labute approximate surface area is 207 Å². The molecule has 0 radical (unpaired) electrons. The van der Waals surface area contributed by atoms with E-state index in [1.807, 2.05) is 25.1 Å². The molecular formula is C25H28F3N5OS. The highest BCUT2D eigenvalue weighted by molar-refractivity contribution is 7.16. The van der Waals surface area contributed by atoms with E-state index in [1.165, 1.54) is 22.2 Å². The Hall–Kier alpha value is -2.90. The van der Waals surface area contributed by atoms with Crippen molar-refractivity contribution in [3.63, 3.8) is 0 Å². The number of alkyl halides is 3. The Morgan fingerprint density at radius 3 is 2.80 bits per heavy atom. The van der Waals surface area contributed by atoms with Crippen LogP contribution in [0.5, 0.6) is 0 Å². The number of aromatic nitrogens is 2. The minimum atomic E-state index is -4.55. The van der Waals surface area contributed by atoms with E-state index in [4.69, 9.17) is 6.57 Å². The van der Waals surface area contributed by atoms with E-state index in [9.17, 15) is 18.0 Å². The second-order valence-corrected chi connectivity index (χ2v) is 10.2. The molecule has 6 nitrogen and oxygen atoms in total. The van der Waals surface area contributed by atoms with E-state index in [-0.39, 0.29) is 17.4 Å². The minimum absolute atomic E-state index is 0.129. The van der Waals surface area contributed by atoms with Crippen LogP contribution in [-0.4, -0.2) is 52.7 Å². The summed E-state index contributed by atoms with van der Waals surface area (Å²) in [5, 5.41) is 4.35. The zero-order valence-corrected chi connectivity index (χ0v) is 20.8. The van der Waals surface area contributed by atoms with Gasteiger partial charge in [-0.3, -0.25) is 9.48 Å². The number of aryl methyl sites for hydroxylation is 1. The lowest BCUT2D eigenvalue weighted by molar-refractivity contribution is -0.141. The van der Waals surface area contributed by atoms with Gasteiger partial charge < -0.3 is 9.80 Å². The number of hydrogen-bond acceptors (Lipinski definition) is 4. The van der Waals surface area contributed by atoms with Gasteiger partial charge in [-0.25, -0.2) is 4.85 Å². The van der Waals surface area contributed by atoms with Gasteiger partial charge in [0, 0.05) is 48.3 Å². The molecule has 1 aliphatic carbocycles. The summed E-state index contributed by atoms with van der Waals surface area (Å²) >= 11 is 1.36. The number of rotatable bonds is 6. The average Bonchev–Trinajstić information content (AvgIpc) is 3.54. The Bertz CT molecular complexity index is 1210. The molecule has 2 aliphatic rings. The Kier molecular flexibility index (Phi) is 7.20. The first-order valence-corrected chi connectivity index (χ1v) is 12.4. The van der Waals surface area contributed by atoms with Gasteiger partial charge in [0.2, 0.25) is 10.9 Å². The first-order chi connectivity index (χ1) is 16.6. The maximum absolute atomic E-state index is 13.9. The van der Waals surface area contributed by atoms with Crippen molar-refractivity contribution in [2.45, 2.75) is 51.4 Å². The van der Waals surface area contributed by atoms with Crippen LogP contribution in [0.25, 0.3) is 10.4 Å². The molecular weight excluding hydrogens is 475 g/mol. The fourth-order valence-electron chi connectivity index (χ4n) is 4.87. The molecule has 1 amide bonds. The fraction of sp³-hybridized carbons (Fsp3) is 0.480. The van der Waals surface area contributed by atoms with Crippen LogP contribution in [0.1, 0.15) is 53.8 Å². The van der Waals surface area contributed by atoms with Crippen molar-refractivity contribution in [2.24, 2.45) is 0 Å². The van der Waals surface area contributed by atoms with Gasteiger partial charge in [0.15, 0.2) is 5.69 Å². The summed E-state index contributed by atoms with van der Waals surface area (Å²) in [6.45, 7) is 11.0. The van der Waals surface area contributed by atoms with E-state index < -0.39 is 11.9 Å². The Balaban J connectivity index is 1.77. The van der Waals surface area contributed by atoms with Gasteiger partial charge >= 0.3 is 6.18 Å². The third-order valence-electron chi connectivity index (χ3n) is 6.45. The molecule has 2 aromatic rings. The molecule has 0 fully saturated rings. The molecule has 0 spiro atoms. The van der Waals surface area contributed by atoms with Crippen molar-refractivity contribution < 1.29 is 18.0 Å². The fourth-order valence-corrected chi connectivity index (χ4v) is 5.89. The van der Waals surface area contributed by atoms with Crippen LogP contribution in [0.4, 0.5) is 18.2 Å². The van der Waals surface area contributed by atoms with Crippen molar-refractivity contribution in [1.29, 1.82) is 0 Å². The van der Waals surface area contributed by atoms with Crippen LogP contribution in [0.3, 0.4) is 0 Å². The van der Waals surface area contributed by atoms with Crippen LogP contribution < -0.4 is 0 Å². The molecule has 3 heterocycles. The zero-order chi connectivity index (χ0) is 25.3. The monoisotopic (exact) mass is 503 g/mol. The maximum atomic E-state index is 13.9. The summed E-state index contributed by atoms with van der Waals surface area (Å²) in [5.41, 5.74) is 1.87. The molecule has 186 valence electrons. The molecule has 0 saturated heterocycles. The molecule has 4 rings (SSSR count). The Morgan fingerprint density at radius 2 is 2.14 bits per heavy atom. The highest BCUT2D eigenvalue weighted by atomic mass is 32.1. The molecule has 10 heteroatoms. The summed E-state index contributed by atoms with van der Waals surface area (Å²) in [5.74, 6) is -0.365. The molecule has 1 atom stereocenters. The smallest absolute Gasteiger partial charge is 0.333 e. The van der Waals surface area contributed by atoms with Crippen LogP contribution in [-0.2, 0) is 24.1 Å². The van der Waals surface area contributed by atoms with Crippen molar-refractivity contribution in [3.8, 4) is 0 Å². The van der Waals surface area contributed by atoms with Crippen LogP contribution in [0.15, 0.2) is 30.0 Å². The van der Waals surface area contributed by atoms with Gasteiger partial charge in [0.25, 0.3) is 0 Å². The number of halogens is 3. The van der Waals surface area contributed by atoms with E-state index in [1.54, 1.807) is 24.0 Å². The number of likely N-dealkylation sites (N-methyl/N-ethyl adjacent to an activating group) is 1. The minimum Gasteiger partial charge on any atom is -0.333 e. The predicted octanol–water partition coefficient (Wildman–Crippen LogP) is 5.72. The topological polar surface area (TPSA) is 45.7 Å². The first-order valence-electron chi connectivity index (χ1n) is 11.6. The summed E-state index contributed by atoms with van der Waals surface area (Å²) in [7, 11) is 3.83. The molecule has 2 aromatic heterocycles. The number of amides is 1. The third kappa shape index (κ3) is 5.21. The maximum Gasteiger partial charge on any atom is 0.435 e. The third-order valence-corrected chi connectivity index (χ3v) is 7.48. The SMILES string of the molecule is [C-]#[N+]c1cc2c(s1)CN(C(=O)/C=C/CN(C)C)CC2C1=C(c2cn(CC)nc2C(F)(F)F)CCC1. The molecule has 0 saturated carbocycles. The second kappa shape index (κ2) is 9.99. The number of fused-ring (bicyclic) bond motifs is 1. The van der Waals surface area contributed by atoms with Crippen LogP contribution >= 0.6 is 11.3 Å². The summed E-state index contributed by atoms with van der Waals surface area (Å²) in [6.07, 6.45) is 2.27. The molecule has 1 aliphatic heterocycles. The van der Waals surface area contributed by atoms with Crippen molar-refractivity contribution in [1.82, 2.24) is 19.6 Å². The molecule has 0 aromatic carbocycles. The number of carbonyl (C=O) groups is 1. The van der Waals surface area contributed by atoms with Gasteiger partial charge in [-0.15, -0.1) is 0 Å². The zero-order valence-electron chi connectivity index (χ0n) is 20.0. The van der Waals surface area contributed by atoms with Crippen molar-refractivity contribution in [2.75, 3.05) is 27.2 Å². The average molecular weight is 504 g/mol. The summed E-state index contributed by atoms with van der Waals surface area (Å²) in [4.78, 5) is 21.2. The first kappa shape index (κ1) is 25.2. The van der Waals surface area contributed by atoms with Crippen molar-refractivity contribution in [3.05, 3.63) is 63.1 Å². The number of nitrogens with zero attached hydrogens (tertiary/aromatic N) is 5. The van der Waals surface area contributed by atoms with Crippen molar-refractivity contribution >= 4 is 27.8 Å².